The second-order valence-corrected chi connectivity index (χ2v) is 4.62. The van der Waals surface area contributed by atoms with Gasteiger partial charge in [-0.15, -0.1) is 0 Å². The van der Waals surface area contributed by atoms with Crippen molar-refractivity contribution in [1.29, 1.82) is 0 Å². The predicted molar refractivity (Wildman–Crippen MR) is 78.4 cm³/mol. The highest BCUT2D eigenvalue weighted by Crippen LogP contribution is 2.19. The lowest BCUT2D eigenvalue weighted by Gasteiger charge is -2.03. The van der Waals surface area contributed by atoms with Crippen molar-refractivity contribution in [3.05, 3.63) is 59.8 Å². The molecule has 1 heterocycles. The third kappa shape index (κ3) is 2.53. The van der Waals surface area contributed by atoms with Gasteiger partial charge in [-0.1, -0.05) is 17.3 Å². The molecular weight excluding hydrogens is 268 g/mol. The average Bonchev–Trinajstić information content (AvgIpc) is 2.92. The summed E-state index contributed by atoms with van der Waals surface area (Å²) in [6.07, 6.45) is 0. The van der Waals surface area contributed by atoms with Crippen molar-refractivity contribution >= 4 is 28.3 Å². The van der Waals surface area contributed by atoms with Crippen molar-refractivity contribution in [2.24, 2.45) is 0 Å². The Morgan fingerprint density at radius 1 is 1.05 bits per heavy atom. The molecule has 5 heteroatoms. The van der Waals surface area contributed by atoms with Gasteiger partial charge in [0.1, 0.15) is 0 Å². The van der Waals surface area contributed by atoms with E-state index in [1.165, 1.54) is 6.92 Å². The fourth-order valence-corrected chi connectivity index (χ4v) is 2.03. The Bertz CT molecular complexity index is 819. The Labute approximate surface area is 120 Å². The molecule has 1 N–H and O–H groups in total. The van der Waals surface area contributed by atoms with Crippen LogP contribution in [0.4, 0.5) is 5.69 Å². The zero-order chi connectivity index (χ0) is 14.8. The summed E-state index contributed by atoms with van der Waals surface area (Å²) in [6.45, 7) is 1.50. The number of nitrogens with one attached hydrogen (secondary N) is 1. The largest absolute Gasteiger partial charge is 0.355 e. The van der Waals surface area contributed by atoms with Crippen LogP contribution in [0.3, 0.4) is 0 Å². The highest BCUT2D eigenvalue weighted by atomic mass is 16.5. The zero-order valence-electron chi connectivity index (χ0n) is 11.3. The quantitative estimate of drug-likeness (QED) is 0.747. The number of para-hydroxylation sites is 1. The number of aromatic nitrogens is 1. The number of ketones is 1. The molecule has 21 heavy (non-hydrogen) atoms. The first-order valence-electron chi connectivity index (χ1n) is 6.42. The SMILES string of the molecule is CC(=O)c1ccc(NC(=O)c2noc3ccccc23)cc1. The Balaban J connectivity index is 1.84. The predicted octanol–water partition coefficient (Wildman–Crippen LogP) is 3.28. The first-order valence-corrected chi connectivity index (χ1v) is 6.42. The second-order valence-electron chi connectivity index (χ2n) is 4.62. The number of rotatable bonds is 3. The van der Waals surface area contributed by atoms with E-state index < -0.39 is 0 Å². The van der Waals surface area contributed by atoms with E-state index in [4.69, 9.17) is 4.52 Å². The molecule has 0 unspecified atom stereocenters. The number of benzene rings is 2. The highest BCUT2D eigenvalue weighted by molar-refractivity contribution is 6.10. The van der Waals surface area contributed by atoms with Crippen molar-refractivity contribution in [3.63, 3.8) is 0 Å². The van der Waals surface area contributed by atoms with E-state index in [2.05, 4.69) is 10.5 Å². The third-order valence-electron chi connectivity index (χ3n) is 3.14. The molecule has 0 radical (unpaired) electrons. The Morgan fingerprint density at radius 2 is 1.76 bits per heavy atom. The van der Waals surface area contributed by atoms with Gasteiger partial charge >= 0.3 is 0 Å². The van der Waals surface area contributed by atoms with Gasteiger partial charge in [-0.2, -0.15) is 0 Å². The van der Waals surface area contributed by atoms with Crippen LogP contribution in [0, 0.1) is 0 Å². The van der Waals surface area contributed by atoms with Gasteiger partial charge in [0.2, 0.25) is 0 Å². The number of hydrogen-bond acceptors (Lipinski definition) is 4. The van der Waals surface area contributed by atoms with E-state index in [1.54, 1.807) is 36.4 Å². The second kappa shape index (κ2) is 5.20. The zero-order valence-corrected chi connectivity index (χ0v) is 11.3. The van der Waals surface area contributed by atoms with Gasteiger partial charge in [-0.3, -0.25) is 9.59 Å². The van der Waals surface area contributed by atoms with Crippen molar-refractivity contribution in [1.82, 2.24) is 5.16 Å². The van der Waals surface area contributed by atoms with Gasteiger partial charge in [-0.25, -0.2) is 0 Å². The number of fused-ring (bicyclic) bond motifs is 1. The van der Waals surface area contributed by atoms with Gasteiger partial charge in [0, 0.05) is 11.3 Å². The molecule has 3 aromatic rings. The van der Waals surface area contributed by atoms with Gasteiger partial charge in [0.25, 0.3) is 5.91 Å². The smallest absolute Gasteiger partial charge is 0.278 e. The van der Waals surface area contributed by atoms with Crippen LogP contribution >= 0.6 is 0 Å². The topological polar surface area (TPSA) is 72.2 Å². The van der Waals surface area contributed by atoms with Crippen LogP contribution in [-0.4, -0.2) is 16.8 Å². The molecule has 1 aromatic heterocycles. The lowest BCUT2D eigenvalue weighted by molar-refractivity contribution is 0.101. The minimum Gasteiger partial charge on any atom is -0.355 e. The van der Waals surface area contributed by atoms with Crippen LogP contribution in [-0.2, 0) is 0 Å². The molecule has 0 aliphatic carbocycles. The summed E-state index contributed by atoms with van der Waals surface area (Å²) >= 11 is 0. The van der Waals surface area contributed by atoms with Gasteiger partial charge in [0.15, 0.2) is 17.1 Å². The van der Waals surface area contributed by atoms with Crippen molar-refractivity contribution in [2.45, 2.75) is 6.92 Å². The monoisotopic (exact) mass is 280 g/mol. The molecule has 0 spiro atoms. The molecule has 3 rings (SSSR count). The minimum atomic E-state index is -0.351. The first kappa shape index (κ1) is 13.1. The van der Waals surface area contributed by atoms with Crippen LogP contribution in [0.25, 0.3) is 11.0 Å². The molecule has 5 nitrogen and oxygen atoms in total. The molecule has 1 amide bonds. The van der Waals surface area contributed by atoms with E-state index in [1.807, 2.05) is 12.1 Å². The Hall–Kier alpha value is -2.95. The number of nitrogens with zero attached hydrogens (tertiary/aromatic N) is 1. The molecule has 0 aliphatic heterocycles. The number of carbonyl (C=O) groups is 2. The molecule has 0 saturated carbocycles. The standard InChI is InChI=1S/C16H12N2O3/c1-10(19)11-6-8-12(9-7-11)17-16(20)15-13-4-2-3-5-14(13)21-18-15/h2-9H,1H3,(H,17,20). The maximum Gasteiger partial charge on any atom is 0.278 e. The molecule has 0 aliphatic rings. The van der Waals surface area contributed by atoms with Crippen LogP contribution in [0.5, 0.6) is 0 Å². The maximum absolute atomic E-state index is 12.2. The lowest BCUT2D eigenvalue weighted by atomic mass is 10.1. The third-order valence-corrected chi connectivity index (χ3v) is 3.14. The molecule has 0 bridgehead atoms. The van der Waals surface area contributed by atoms with E-state index in [0.717, 1.165) is 0 Å². The summed E-state index contributed by atoms with van der Waals surface area (Å²) in [4.78, 5) is 23.4. The molecular formula is C16H12N2O3. The summed E-state index contributed by atoms with van der Waals surface area (Å²) in [7, 11) is 0. The van der Waals surface area contributed by atoms with Crippen LogP contribution in [0.1, 0.15) is 27.8 Å². The van der Waals surface area contributed by atoms with Gasteiger partial charge < -0.3 is 9.84 Å². The highest BCUT2D eigenvalue weighted by Gasteiger charge is 2.15. The fraction of sp³-hybridized carbons (Fsp3) is 0.0625. The number of Topliss-reactive ketones (excluding diaryl/α,β-unsaturated/α-hetero) is 1. The van der Waals surface area contributed by atoms with Crippen molar-refractivity contribution < 1.29 is 14.1 Å². The number of hydrogen-bond donors (Lipinski definition) is 1. The molecule has 0 saturated heterocycles. The number of amides is 1. The first-order chi connectivity index (χ1) is 10.1. The van der Waals surface area contributed by atoms with Crippen LogP contribution in [0.2, 0.25) is 0 Å². The molecule has 0 fully saturated rings. The fourth-order valence-electron chi connectivity index (χ4n) is 2.03. The molecule has 104 valence electrons. The summed E-state index contributed by atoms with van der Waals surface area (Å²) in [5.41, 5.74) is 1.99. The van der Waals surface area contributed by atoms with E-state index in [0.29, 0.717) is 22.2 Å². The summed E-state index contributed by atoms with van der Waals surface area (Å²) < 4.78 is 5.10. The summed E-state index contributed by atoms with van der Waals surface area (Å²) in [5.74, 6) is -0.370. The normalized spacial score (nSPS) is 10.5. The number of anilines is 1. The van der Waals surface area contributed by atoms with Crippen molar-refractivity contribution in [2.75, 3.05) is 5.32 Å². The van der Waals surface area contributed by atoms with Crippen molar-refractivity contribution in [3.8, 4) is 0 Å². The van der Waals surface area contributed by atoms with E-state index >= 15 is 0 Å². The van der Waals surface area contributed by atoms with Crippen LogP contribution < -0.4 is 5.32 Å². The number of carbonyl (C=O) groups excluding carboxylic acids is 2. The Kier molecular flexibility index (Phi) is 3.23. The Morgan fingerprint density at radius 3 is 2.48 bits per heavy atom. The van der Waals surface area contributed by atoms with E-state index in [-0.39, 0.29) is 17.4 Å². The molecule has 2 aromatic carbocycles. The van der Waals surface area contributed by atoms with Crippen LogP contribution in [0.15, 0.2) is 53.1 Å². The van der Waals surface area contributed by atoms with Gasteiger partial charge in [0.05, 0.1) is 5.39 Å². The summed E-state index contributed by atoms with van der Waals surface area (Å²) in [6, 6.07) is 13.8. The maximum atomic E-state index is 12.2. The van der Waals surface area contributed by atoms with Gasteiger partial charge in [-0.05, 0) is 43.3 Å². The molecule has 0 atom stereocenters. The minimum absolute atomic E-state index is 0.0182. The summed E-state index contributed by atoms with van der Waals surface area (Å²) in [5, 5.41) is 7.19. The van der Waals surface area contributed by atoms with E-state index in [9.17, 15) is 9.59 Å². The average molecular weight is 280 g/mol. The lowest BCUT2D eigenvalue weighted by Crippen LogP contribution is -2.12.